The van der Waals surface area contributed by atoms with E-state index in [0.717, 1.165) is 97.1 Å². The van der Waals surface area contributed by atoms with Crippen molar-refractivity contribution in [3.05, 3.63) is 191 Å². The van der Waals surface area contributed by atoms with Gasteiger partial charge in [-0.1, -0.05) is 121 Å². The molecule has 2 saturated heterocycles. The van der Waals surface area contributed by atoms with Crippen molar-refractivity contribution in [3.63, 3.8) is 0 Å². The number of ether oxygens (including phenoxy) is 2. The highest BCUT2D eigenvalue weighted by Gasteiger charge is 2.33. The van der Waals surface area contributed by atoms with Gasteiger partial charge in [0, 0.05) is 114 Å². The second kappa shape index (κ2) is 22.9. The number of para-hydroxylation sites is 2. The average molecular weight is 965 g/mol. The first-order valence-electron chi connectivity index (χ1n) is 25.7. The number of amides is 2. The first kappa shape index (κ1) is 48.4. The van der Waals surface area contributed by atoms with Crippen LogP contribution in [0.1, 0.15) is 71.3 Å². The molecular weight excluding hydrogens is 901 g/mol. The lowest BCUT2D eigenvalue weighted by atomic mass is 9.95. The lowest BCUT2D eigenvalue weighted by Crippen LogP contribution is -2.47. The van der Waals surface area contributed by atoms with Gasteiger partial charge < -0.3 is 29.1 Å². The van der Waals surface area contributed by atoms with E-state index in [1.165, 1.54) is 11.4 Å². The molecule has 12 nitrogen and oxygen atoms in total. The van der Waals surface area contributed by atoms with Crippen LogP contribution in [0.15, 0.2) is 158 Å². The zero-order chi connectivity index (χ0) is 49.2. The quantitative estimate of drug-likeness (QED) is 0.0690. The van der Waals surface area contributed by atoms with Crippen LogP contribution in [0.3, 0.4) is 0 Å². The molecule has 370 valence electrons. The SMILES string of the molecule is O=C(OC(CCN1CCN(c2ccccc2)CC1)c1ccc2c(c1)CCC(=O)N2Cc1ccccc1)C(=O)OC(CCN1CCN(c2ccccc2)CC1)c1ccc2c(c1)CCC(=O)N2Cc1ccccc1. The zero-order valence-corrected chi connectivity index (χ0v) is 41.0. The number of anilines is 4. The van der Waals surface area contributed by atoms with Crippen LogP contribution in [0.5, 0.6) is 0 Å². The van der Waals surface area contributed by atoms with Crippen molar-refractivity contribution in [1.29, 1.82) is 0 Å². The smallest absolute Gasteiger partial charge is 0.418 e. The minimum atomic E-state index is -1.04. The highest BCUT2D eigenvalue weighted by atomic mass is 16.6. The number of hydrogen-bond acceptors (Lipinski definition) is 10. The molecule has 12 heteroatoms. The van der Waals surface area contributed by atoms with Gasteiger partial charge in [0.25, 0.3) is 0 Å². The van der Waals surface area contributed by atoms with E-state index in [2.05, 4.69) is 80.3 Å². The van der Waals surface area contributed by atoms with Crippen LogP contribution < -0.4 is 19.6 Å². The highest BCUT2D eigenvalue weighted by molar-refractivity contribution is 6.29. The molecule has 6 aromatic rings. The number of piperazine rings is 2. The van der Waals surface area contributed by atoms with Gasteiger partial charge in [-0.05, 0) is 82.6 Å². The highest BCUT2D eigenvalue weighted by Crippen LogP contribution is 2.36. The third-order valence-corrected chi connectivity index (χ3v) is 14.8. The number of carbonyl (C=O) groups excluding carboxylic acids is 4. The molecule has 6 aromatic carbocycles. The van der Waals surface area contributed by atoms with E-state index >= 15 is 0 Å². The number of nitrogens with zero attached hydrogens (tertiary/aromatic N) is 6. The summed E-state index contributed by atoms with van der Waals surface area (Å²) >= 11 is 0. The molecule has 10 rings (SSSR count). The molecule has 0 saturated carbocycles. The lowest BCUT2D eigenvalue weighted by Gasteiger charge is -2.37. The van der Waals surface area contributed by atoms with Gasteiger partial charge in [0.05, 0.1) is 13.1 Å². The van der Waals surface area contributed by atoms with Gasteiger partial charge in [-0.3, -0.25) is 19.4 Å². The summed E-state index contributed by atoms with van der Waals surface area (Å²) in [6.07, 6.45) is 1.35. The second-order valence-corrected chi connectivity index (χ2v) is 19.4. The van der Waals surface area contributed by atoms with Crippen molar-refractivity contribution in [2.75, 3.05) is 85.0 Å². The summed E-state index contributed by atoms with van der Waals surface area (Å²) in [7, 11) is 0. The summed E-state index contributed by atoms with van der Waals surface area (Å²) in [5.41, 5.74) is 9.76. The first-order chi connectivity index (χ1) is 35.3. The minimum absolute atomic E-state index is 0.0698. The Morgan fingerprint density at radius 3 is 1.17 bits per heavy atom. The van der Waals surface area contributed by atoms with E-state index in [9.17, 15) is 19.2 Å². The van der Waals surface area contributed by atoms with E-state index < -0.39 is 24.1 Å². The van der Waals surface area contributed by atoms with Crippen LogP contribution in [0.25, 0.3) is 0 Å². The molecule has 4 aliphatic rings. The largest absolute Gasteiger partial charge is 0.449 e. The number of hydrogen-bond donors (Lipinski definition) is 0. The summed E-state index contributed by atoms with van der Waals surface area (Å²) in [4.78, 5) is 68.4. The maximum Gasteiger partial charge on any atom is 0.418 e. The second-order valence-electron chi connectivity index (χ2n) is 19.4. The molecule has 4 aliphatic heterocycles. The topological polar surface area (TPSA) is 106 Å². The molecule has 2 unspecified atom stereocenters. The third kappa shape index (κ3) is 11.7. The van der Waals surface area contributed by atoms with Crippen LogP contribution >= 0.6 is 0 Å². The summed E-state index contributed by atoms with van der Waals surface area (Å²) < 4.78 is 12.6. The Morgan fingerprint density at radius 1 is 0.431 bits per heavy atom. The molecule has 2 fully saturated rings. The van der Waals surface area contributed by atoms with Crippen LogP contribution in [0, 0.1) is 0 Å². The predicted molar refractivity (Wildman–Crippen MR) is 282 cm³/mol. The Bertz CT molecular complexity index is 2610. The van der Waals surface area contributed by atoms with Gasteiger partial charge >= 0.3 is 11.9 Å². The van der Waals surface area contributed by atoms with Crippen molar-refractivity contribution in [2.45, 2.75) is 63.8 Å². The lowest BCUT2D eigenvalue weighted by molar-refractivity contribution is -0.175. The molecular formula is C60H64N6O6. The molecule has 2 atom stereocenters. The summed E-state index contributed by atoms with van der Waals surface area (Å²) in [5.74, 6) is -1.93. The molecule has 0 N–H and O–H groups in total. The Labute approximate surface area is 423 Å². The molecule has 2 amide bonds. The summed E-state index contributed by atoms with van der Waals surface area (Å²) in [5, 5.41) is 0. The van der Waals surface area contributed by atoms with Crippen LogP contribution in [-0.2, 0) is 54.6 Å². The van der Waals surface area contributed by atoms with Crippen molar-refractivity contribution >= 4 is 46.5 Å². The molecule has 0 aliphatic carbocycles. The Balaban J connectivity index is 0.873. The van der Waals surface area contributed by atoms with E-state index in [0.29, 0.717) is 64.7 Å². The van der Waals surface area contributed by atoms with E-state index in [1.807, 2.05) is 107 Å². The Hall–Kier alpha value is -7.28. The molecule has 0 bridgehead atoms. The van der Waals surface area contributed by atoms with Crippen molar-refractivity contribution < 1.29 is 28.7 Å². The van der Waals surface area contributed by atoms with Crippen molar-refractivity contribution in [3.8, 4) is 0 Å². The first-order valence-corrected chi connectivity index (χ1v) is 25.7. The third-order valence-electron chi connectivity index (χ3n) is 14.8. The number of rotatable bonds is 16. The van der Waals surface area contributed by atoms with E-state index in [-0.39, 0.29) is 11.8 Å². The summed E-state index contributed by atoms with van der Waals surface area (Å²) in [6.45, 7) is 9.13. The maximum atomic E-state index is 14.3. The van der Waals surface area contributed by atoms with Crippen LogP contribution in [0.4, 0.5) is 22.7 Å². The number of carbonyl (C=O) groups is 4. The Morgan fingerprint density at radius 2 is 0.792 bits per heavy atom. The normalized spacial score (nSPS) is 17.2. The van der Waals surface area contributed by atoms with Crippen molar-refractivity contribution in [1.82, 2.24) is 9.80 Å². The molecule has 72 heavy (non-hydrogen) atoms. The zero-order valence-electron chi connectivity index (χ0n) is 41.0. The average Bonchev–Trinajstić information content (AvgIpc) is 3.43. The fraction of sp³-hybridized carbons (Fsp3) is 0.333. The fourth-order valence-electron chi connectivity index (χ4n) is 10.7. The standard InChI is InChI=1S/C60H64N6O6/c67-57-27-23-47-41-49(21-25-53(47)65(57)43-45-13-5-1-6-14-45)55(29-31-61-33-37-63(38-34-61)51-17-9-3-10-18-51)71-59(69)60(70)72-56(30-32-62-35-39-64(40-36-62)52-19-11-4-12-20-52)50-22-26-54-48(42-50)24-28-58(68)66(54)44-46-15-7-2-8-16-46/h1-22,25-26,41-42,55-56H,23-24,27-40,43-44H2. The molecule has 4 heterocycles. The van der Waals surface area contributed by atoms with E-state index in [4.69, 9.17) is 9.47 Å². The van der Waals surface area contributed by atoms with Gasteiger partial charge in [-0.25, -0.2) is 9.59 Å². The Kier molecular flexibility index (Phi) is 15.4. The predicted octanol–water partition coefficient (Wildman–Crippen LogP) is 8.94. The van der Waals surface area contributed by atoms with Gasteiger partial charge in [-0.2, -0.15) is 0 Å². The van der Waals surface area contributed by atoms with Gasteiger partial charge in [0.1, 0.15) is 12.2 Å². The van der Waals surface area contributed by atoms with Crippen molar-refractivity contribution in [2.24, 2.45) is 0 Å². The monoisotopic (exact) mass is 964 g/mol. The minimum Gasteiger partial charge on any atom is -0.449 e. The van der Waals surface area contributed by atoms with Crippen LogP contribution in [0.2, 0.25) is 0 Å². The van der Waals surface area contributed by atoms with E-state index in [1.54, 1.807) is 0 Å². The van der Waals surface area contributed by atoms with Gasteiger partial charge in [-0.15, -0.1) is 0 Å². The van der Waals surface area contributed by atoms with Crippen LogP contribution in [-0.4, -0.2) is 99.0 Å². The molecule has 0 spiro atoms. The van der Waals surface area contributed by atoms with Gasteiger partial charge in [0.15, 0.2) is 0 Å². The number of benzene rings is 6. The number of aryl methyl sites for hydroxylation is 2. The molecule has 0 aromatic heterocycles. The maximum absolute atomic E-state index is 14.3. The summed E-state index contributed by atoms with van der Waals surface area (Å²) in [6, 6.07) is 52.7. The molecule has 0 radical (unpaired) electrons. The number of esters is 2. The van der Waals surface area contributed by atoms with Gasteiger partial charge in [0.2, 0.25) is 11.8 Å². The fourth-order valence-corrected chi connectivity index (χ4v) is 10.7. The number of fused-ring (bicyclic) bond motifs is 2.